The summed E-state index contributed by atoms with van der Waals surface area (Å²) in [5.41, 5.74) is 6.55. The van der Waals surface area contributed by atoms with Crippen LogP contribution in [0.3, 0.4) is 0 Å². The Morgan fingerprint density at radius 2 is 1.77 bits per heavy atom. The van der Waals surface area contributed by atoms with E-state index in [2.05, 4.69) is 4.98 Å². The number of hydrogen-bond donors (Lipinski definition) is 3. The fourth-order valence-electron chi connectivity index (χ4n) is 3.79. The van der Waals surface area contributed by atoms with Gasteiger partial charge < -0.3 is 15.8 Å². The van der Waals surface area contributed by atoms with Crippen molar-refractivity contribution in [1.29, 1.82) is 0 Å². The highest BCUT2D eigenvalue weighted by atomic mass is 16.6. The monoisotopic (exact) mass is 421 g/mol. The second-order valence-electron chi connectivity index (χ2n) is 7.21. The van der Waals surface area contributed by atoms with Gasteiger partial charge in [-0.15, -0.1) is 0 Å². The number of hydrogen-bond acceptors (Lipinski definition) is 4. The number of primary amides is 1. The number of nitrogens with zero attached hydrogens (tertiary/aromatic N) is 1. The van der Waals surface area contributed by atoms with Crippen LogP contribution in [-0.4, -0.2) is 26.9 Å². The van der Waals surface area contributed by atoms with Gasteiger partial charge in [0, 0.05) is 5.56 Å². The van der Waals surface area contributed by atoms with Crippen LogP contribution in [-0.2, 0) is 4.79 Å². The standard InChI is InChI=1S/C23H23N3O5/c1-2-3-11-17(23(28)29)15-12-7-8-13-16(15)19-21(26(30)31)18(20(25-19)22(24)27)14-9-5-4-6-10-14/h4-10,12-13,17,25H,2-3,11H2,1H3,(H2,24,27)(H,28,29). The van der Waals surface area contributed by atoms with Crippen LogP contribution in [0.1, 0.15) is 48.2 Å². The molecule has 31 heavy (non-hydrogen) atoms. The lowest BCUT2D eigenvalue weighted by molar-refractivity contribution is -0.383. The van der Waals surface area contributed by atoms with Crippen molar-refractivity contribution in [2.24, 2.45) is 5.73 Å². The number of nitrogens with one attached hydrogen (secondary N) is 1. The molecule has 8 nitrogen and oxygen atoms in total. The number of aromatic amines is 1. The molecular formula is C23H23N3O5. The number of amides is 1. The zero-order chi connectivity index (χ0) is 22.5. The maximum Gasteiger partial charge on any atom is 0.310 e. The van der Waals surface area contributed by atoms with Crippen LogP contribution in [0.4, 0.5) is 5.69 Å². The lowest BCUT2D eigenvalue weighted by atomic mass is 9.88. The molecule has 4 N–H and O–H groups in total. The Kier molecular flexibility index (Phi) is 6.49. The number of nitro groups is 1. The Hall–Kier alpha value is -3.94. The van der Waals surface area contributed by atoms with Crippen LogP contribution in [0, 0.1) is 10.1 Å². The molecule has 3 rings (SSSR count). The molecular weight excluding hydrogens is 398 g/mol. The highest BCUT2D eigenvalue weighted by Gasteiger charge is 2.33. The normalized spacial score (nSPS) is 11.8. The van der Waals surface area contributed by atoms with Crippen molar-refractivity contribution in [3.8, 4) is 22.4 Å². The molecule has 0 aliphatic carbocycles. The minimum atomic E-state index is -1.01. The zero-order valence-corrected chi connectivity index (χ0v) is 17.0. The van der Waals surface area contributed by atoms with Gasteiger partial charge in [-0.1, -0.05) is 74.4 Å². The van der Waals surface area contributed by atoms with E-state index in [1.165, 1.54) is 0 Å². The third-order valence-electron chi connectivity index (χ3n) is 5.22. The first-order chi connectivity index (χ1) is 14.9. The van der Waals surface area contributed by atoms with Crippen LogP contribution >= 0.6 is 0 Å². The number of nitrogens with two attached hydrogens (primary N) is 1. The number of carboxylic acids is 1. The minimum Gasteiger partial charge on any atom is -0.481 e. The molecule has 1 amide bonds. The molecule has 1 unspecified atom stereocenters. The van der Waals surface area contributed by atoms with Crippen molar-refractivity contribution in [2.45, 2.75) is 32.1 Å². The summed E-state index contributed by atoms with van der Waals surface area (Å²) in [4.78, 5) is 38.5. The summed E-state index contributed by atoms with van der Waals surface area (Å²) in [6.07, 6.45) is 1.91. The summed E-state index contributed by atoms with van der Waals surface area (Å²) in [6.45, 7) is 1.96. The van der Waals surface area contributed by atoms with Crippen molar-refractivity contribution in [1.82, 2.24) is 4.98 Å². The molecule has 0 bridgehead atoms. The third-order valence-corrected chi connectivity index (χ3v) is 5.22. The van der Waals surface area contributed by atoms with Gasteiger partial charge in [-0.25, -0.2) is 0 Å². The minimum absolute atomic E-state index is 0.0657. The topological polar surface area (TPSA) is 139 Å². The number of H-pyrrole nitrogens is 1. The first kappa shape index (κ1) is 21.8. The molecule has 3 aromatic rings. The maximum absolute atomic E-state index is 12.2. The van der Waals surface area contributed by atoms with Gasteiger partial charge in [0.2, 0.25) is 0 Å². The first-order valence-electron chi connectivity index (χ1n) is 9.94. The molecule has 0 saturated heterocycles. The zero-order valence-electron chi connectivity index (χ0n) is 17.0. The molecule has 8 heteroatoms. The number of carboxylic acid groups (broad SMARTS) is 1. The fourth-order valence-corrected chi connectivity index (χ4v) is 3.79. The van der Waals surface area contributed by atoms with E-state index >= 15 is 0 Å². The average molecular weight is 421 g/mol. The highest BCUT2D eigenvalue weighted by Crippen LogP contribution is 2.43. The second-order valence-corrected chi connectivity index (χ2v) is 7.21. The van der Waals surface area contributed by atoms with Crippen LogP contribution < -0.4 is 5.73 Å². The lowest BCUT2D eigenvalue weighted by Crippen LogP contribution is -2.13. The largest absolute Gasteiger partial charge is 0.481 e. The molecule has 2 aromatic carbocycles. The maximum atomic E-state index is 12.2. The van der Waals surface area contributed by atoms with Crippen LogP contribution in [0.2, 0.25) is 0 Å². The van der Waals surface area contributed by atoms with Crippen molar-refractivity contribution < 1.29 is 19.6 Å². The summed E-state index contributed by atoms with van der Waals surface area (Å²) < 4.78 is 0. The number of benzene rings is 2. The van der Waals surface area contributed by atoms with Crippen molar-refractivity contribution in [3.05, 3.63) is 76.0 Å². The van der Waals surface area contributed by atoms with Crippen molar-refractivity contribution >= 4 is 17.6 Å². The summed E-state index contributed by atoms with van der Waals surface area (Å²) in [5, 5.41) is 21.9. The summed E-state index contributed by atoms with van der Waals surface area (Å²) in [6, 6.07) is 15.1. The summed E-state index contributed by atoms with van der Waals surface area (Å²) in [7, 11) is 0. The second kappa shape index (κ2) is 9.25. The Balaban J connectivity index is 2.31. The highest BCUT2D eigenvalue weighted by molar-refractivity contribution is 6.04. The Morgan fingerprint density at radius 3 is 2.35 bits per heavy atom. The van der Waals surface area contributed by atoms with Gasteiger partial charge in [-0.2, -0.15) is 0 Å². The lowest BCUT2D eigenvalue weighted by Gasteiger charge is -2.16. The molecule has 0 radical (unpaired) electrons. The molecule has 160 valence electrons. The molecule has 1 atom stereocenters. The van der Waals surface area contributed by atoms with Gasteiger partial charge in [-0.05, 0) is 17.5 Å². The predicted molar refractivity (Wildman–Crippen MR) is 117 cm³/mol. The summed E-state index contributed by atoms with van der Waals surface area (Å²) in [5.74, 6) is -2.68. The average Bonchev–Trinajstić information content (AvgIpc) is 3.16. The van der Waals surface area contributed by atoms with Gasteiger partial charge in [0.25, 0.3) is 5.91 Å². The quantitative estimate of drug-likeness (QED) is 0.339. The van der Waals surface area contributed by atoms with Crippen LogP contribution in [0.15, 0.2) is 54.6 Å². The predicted octanol–water partition coefficient (Wildman–Crippen LogP) is 4.71. The smallest absolute Gasteiger partial charge is 0.310 e. The van der Waals surface area contributed by atoms with E-state index in [4.69, 9.17) is 5.73 Å². The van der Waals surface area contributed by atoms with E-state index in [0.717, 1.165) is 6.42 Å². The third kappa shape index (κ3) is 4.32. The first-order valence-corrected chi connectivity index (χ1v) is 9.94. The Bertz CT molecular complexity index is 1120. The fraction of sp³-hybridized carbons (Fsp3) is 0.217. The van der Waals surface area contributed by atoms with E-state index in [1.807, 2.05) is 6.92 Å². The molecule has 0 aliphatic rings. The number of rotatable bonds is 9. The van der Waals surface area contributed by atoms with E-state index in [9.17, 15) is 24.8 Å². The van der Waals surface area contributed by atoms with Gasteiger partial charge in [0.05, 0.1) is 16.4 Å². The van der Waals surface area contributed by atoms with Gasteiger partial charge in [0.1, 0.15) is 11.4 Å². The van der Waals surface area contributed by atoms with E-state index in [1.54, 1.807) is 54.6 Å². The SMILES string of the molecule is CCCCC(C(=O)O)c1ccccc1-c1[nH]c(C(N)=O)c(-c2ccccc2)c1[N+](=O)[O-]. The van der Waals surface area contributed by atoms with Gasteiger partial charge in [0.15, 0.2) is 0 Å². The molecule has 0 aliphatic heterocycles. The number of aromatic nitrogens is 1. The molecule has 0 spiro atoms. The molecule has 1 heterocycles. The van der Waals surface area contributed by atoms with Crippen molar-refractivity contribution in [3.63, 3.8) is 0 Å². The molecule has 0 fully saturated rings. The molecule has 0 saturated carbocycles. The van der Waals surface area contributed by atoms with E-state index in [0.29, 0.717) is 29.5 Å². The van der Waals surface area contributed by atoms with Crippen LogP contribution in [0.25, 0.3) is 22.4 Å². The number of carbonyl (C=O) groups is 2. The Morgan fingerprint density at radius 1 is 1.13 bits per heavy atom. The van der Waals surface area contributed by atoms with Gasteiger partial charge >= 0.3 is 11.7 Å². The van der Waals surface area contributed by atoms with Crippen molar-refractivity contribution in [2.75, 3.05) is 0 Å². The van der Waals surface area contributed by atoms with Crippen LogP contribution in [0.5, 0.6) is 0 Å². The number of aliphatic carboxylic acids is 1. The Labute approximate surface area is 178 Å². The molecule has 1 aromatic heterocycles. The number of carbonyl (C=O) groups excluding carboxylic acids is 1. The summed E-state index contributed by atoms with van der Waals surface area (Å²) >= 11 is 0. The van der Waals surface area contributed by atoms with Gasteiger partial charge in [-0.3, -0.25) is 19.7 Å². The van der Waals surface area contributed by atoms with E-state index in [-0.39, 0.29) is 22.6 Å². The number of unbranched alkanes of at least 4 members (excludes halogenated alkanes) is 1. The van der Waals surface area contributed by atoms with E-state index < -0.39 is 22.7 Å².